The van der Waals surface area contributed by atoms with E-state index in [0.29, 0.717) is 11.5 Å². The number of ether oxygens (including phenoxy) is 2. The van der Waals surface area contributed by atoms with Gasteiger partial charge in [0.1, 0.15) is 5.82 Å². The predicted octanol–water partition coefficient (Wildman–Crippen LogP) is 3.96. The second-order valence-corrected chi connectivity index (χ2v) is 4.77. The van der Waals surface area contributed by atoms with Crippen molar-refractivity contribution in [3.63, 3.8) is 0 Å². The van der Waals surface area contributed by atoms with E-state index in [1.54, 1.807) is 26.0 Å². The summed E-state index contributed by atoms with van der Waals surface area (Å²) in [6.07, 6.45) is -1.31. The van der Waals surface area contributed by atoms with Crippen molar-refractivity contribution in [2.24, 2.45) is 0 Å². The summed E-state index contributed by atoms with van der Waals surface area (Å²) in [5.74, 6) is 0.639. The van der Waals surface area contributed by atoms with Crippen LogP contribution in [0.15, 0.2) is 42.5 Å². The van der Waals surface area contributed by atoms with E-state index in [1.165, 1.54) is 0 Å². The van der Waals surface area contributed by atoms with Crippen molar-refractivity contribution in [1.82, 2.24) is 4.98 Å². The summed E-state index contributed by atoms with van der Waals surface area (Å²) < 4.78 is 9.70. The van der Waals surface area contributed by atoms with Crippen LogP contribution in [0.5, 0.6) is 0 Å². The summed E-state index contributed by atoms with van der Waals surface area (Å²) in [7, 11) is 0. The molecule has 132 valence electrons. The first-order valence-electron chi connectivity index (χ1n) is 7.83. The third kappa shape index (κ3) is 5.69. The molecule has 1 heterocycles. The largest absolute Gasteiger partial charge is 0.450 e. The fraction of sp³-hybridized carbons (Fsp3) is 0.235. The number of nitrogens with one attached hydrogen (secondary N) is 3. The minimum atomic E-state index is -0.668. The second-order valence-electron chi connectivity index (χ2n) is 4.77. The maximum absolute atomic E-state index is 11.7. The zero-order valence-electron chi connectivity index (χ0n) is 14.0. The lowest BCUT2D eigenvalue weighted by Crippen LogP contribution is -2.19. The van der Waals surface area contributed by atoms with Crippen molar-refractivity contribution >= 4 is 35.2 Å². The van der Waals surface area contributed by atoms with Crippen LogP contribution < -0.4 is 16.0 Å². The standard InChI is InChI=1S/C17H20N4O4/c1-3-24-16(22)19-13-10-11-14(18-12-8-6-5-7-9-12)20-15(13)21-17(23)25-4-2/h5-11H,3-4H2,1-2H3,(H,19,22)(H2,18,20,21,23). The van der Waals surface area contributed by atoms with Crippen molar-refractivity contribution in [2.75, 3.05) is 29.2 Å². The minimum Gasteiger partial charge on any atom is -0.450 e. The van der Waals surface area contributed by atoms with Gasteiger partial charge in [0.25, 0.3) is 0 Å². The molecule has 2 aromatic rings. The molecule has 0 spiro atoms. The summed E-state index contributed by atoms with van der Waals surface area (Å²) in [5, 5.41) is 8.14. The maximum atomic E-state index is 11.7. The number of amides is 2. The summed E-state index contributed by atoms with van der Waals surface area (Å²) >= 11 is 0. The van der Waals surface area contributed by atoms with Crippen molar-refractivity contribution in [2.45, 2.75) is 13.8 Å². The Morgan fingerprint density at radius 2 is 1.56 bits per heavy atom. The number of carbonyl (C=O) groups is 2. The smallest absolute Gasteiger partial charge is 0.412 e. The predicted molar refractivity (Wildman–Crippen MR) is 95.3 cm³/mol. The molecule has 0 bridgehead atoms. The van der Waals surface area contributed by atoms with Gasteiger partial charge in [0.15, 0.2) is 5.82 Å². The van der Waals surface area contributed by atoms with Gasteiger partial charge in [-0.1, -0.05) is 18.2 Å². The van der Waals surface area contributed by atoms with Crippen LogP contribution in [0.4, 0.5) is 32.6 Å². The lowest BCUT2D eigenvalue weighted by molar-refractivity contribution is 0.166. The van der Waals surface area contributed by atoms with Crippen LogP contribution in [0.2, 0.25) is 0 Å². The van der Waals surface area contributed by atoms with E-state index < -0.39 is 12.2 Å². The first-order chi connectivity index (χ1) is 12.1. The van der Waals surface area contributed by atoms with Crippen LogP contribution in [0.3, 0.4) is 0 Å². The number of hydrogen-bond acceptors (Lipinski definition) is 6. The summed E-state index contributed by atoms with van der Waals surface area (Å²) in [4.78, 5) is 27.6. The molecule has 0 atom stereocenters. The molecule has 0 saturated heterocycles. The molecule has 8 nitrogen and oxygen atoms in total. The lowest BCUT2D eigenvalue weighted by atomic mass is 10.3. The first-order valence-corrected chi connectivity index (χ1v) is 7.83. The summed E-state index contributed by atoms with van der Waals surface area (Å²) in [6, 6.07) is 12.7. The highest BCUT2D eigenvalue weighted by molar-refractivity contribution is 5.94. The average molecular weight is 344 g/mol. The normalized spacial score (nSPS) is 9.84. The van der Waals surface area contributed by atoms with Crippen LogP contribution in [0.1, 0.15) is 13.8 Å². The van der Waals surface area contributed by atoms with Gasteiger partial charge < -0.3 is 14.8 Å². The molecule has 8 heteroatoms. The van der Waals surface area contributed by atoms with Crippen molar-refractivity contribution < 1.29 is 19.1 Å². The van der Waals surface area contributed by atoms with E-state index in [4.69, 9.17) is 9.47 Å². The SMILES string of the molecule is CCOC(=O)Nc1ccc(Nc2ccccc2)nc1NC(=O)OCC. The molecular weight excluding hydrogens is 324 g/mol. The van der Waals surface area contributed by atoms with E-state index in [1.807, 2.05) is 30.3 Å². The molecule has 2 rings (SSSR count). The van der Waals surface area contributed by atoms with Gasteiger partial charge in [-0.05, 0) is 38.1 Å². The van der Waals surface area contributed by atoms with Gasteiger partial charge in [0.2, 0.25) is 0 Å². The van der Waals surface area contributed by atoms with E-state index in [0.717, 1.165) is 5.69 Å². The number of rotatable bonds is 6. The van der Waals surface area contributed by atoms with Crippen LogP contribution in [0, 0.1) is 0 Å². The van der Waals surface area contributed by atoms with Gasteiger partial charge in [0.05, 0.1) is 18.9 Å². The first kappa shape index (κ1) is 18.1. The molecule has 0 aliphatic rings. The fourth-order valence-electron chi connectivity index (χ4n) is 1.94. The van der Waals surface area contributed by atoms with E-state index in [2.05, 4.69) is 20.9 Å². The van der Waals surface area contributed by atoms with Crippen LogP contribution >= 0.6 is 0 Å². The number of nitrogens with zero attached hydrogens (tertiary/aromatic N) is 1. The number of carbonyl (C=O) groups excluding carboxylic acids is 2. The second kappa shape index (κ2) is 9.11. The Morgan fingerprint density at radius 3 is 2.20 bits per heavy atom. The van der Waals surface area contributed by atoms with Gasteiger partial charge >= 0.3 is 12.2 Å². The van der Waals surface area contributed by atoms with Gasteiger partial charge in [-0.15, -0.1) is 0 Å². The Hall–Kier alpha value is -3.29. The third-order valence-electron chi connectivity index (χ3n) is 2.95. The molecule has 25 heavy (non-hydrogen) atoms. The monoisotopic (exact) mass is 344 g/mol. The highest BCUT2D eigenvalue weighted by Gasteiger charge is 2.13. The Labute approximate surface area is 145 Å². The van der Waals surface area contributed by atoms with Crippen molar-refractivity contribution in [3.05, 3.63) is 42.5 Å². The van der Waals surface area contributed by atoms with Crippen LogP contribution in [-0.2, 0) is 9.47 Å². The van der Waals surface area contributed by atoms with Crippen LogP contribution in [-0.4, -0.2) is 30.4 Å². The number of para-hydroxylation sites is 1. The Kier molecular flexibility index (Phi) is 6.58. The fourth-order valence-corrected chi connectivity index (χ4v) is 1.94. The molecule has 3 N–H and O–H groups in total. The maximum Gasteiger partial charge on any atom is 0.412 e. The molecule has 0 aliphatic carbocycles. The molecule has 0 saturated carbocycles. The number of benzene rings is 1. The number of hydrogen-bond donors (Lipinski definition) is 3. The van der Waals surface area contributed by atoms with Crippen LogP contribution in [0.25, 0.3) is 0 Å². The number of aromatic nitrogens is 1. The van der Waals surface area contributed by atoms with Gasteiger partial charge in [-0.2, -0.15) is 0 Å². The molecule has 2 amide bonds. The van der Waals surface area contributed by atoms with Gasteiger partial charge in [-0.3, -0.25) is 10.6 Å². The summed E-state index contributed by atoms with van der Waals surface area (Å²) in [5.41, 5.74) is 1.13. The molecule has 0 fully saturated rings. The number of anilines is 4. The highest BCUT2D eigenvalue weighted by atomic mass is 16.6. The lowest BCUT2D eigenvalue weighted by Gasteiger charge is -2.13. The molecule has 1 aromatic heterocycles. The highest BCUT2D eigenvalue weighted by Crippen LogP contribution is 2.24. The zero-order valence-corrected chi connectivity index (χ0v) is 14.0. The molecule has 0 unspecified atom stereocenters. The number of pyridine rings is 1. The molecule has 0 radical (unpaired) electrons. The Balaban J connectivity index is 2.22. The molecule has 1 aromatic carbocycles. The van der Waals surface area contributed by atoms with Crippen molar-refractivity contribution in [3.8, 4) is 0 Å². The Bertz CT molecular complexity index is 722. The van der Waals surface area contributed by atoms with E-state index in [-0.39, 0.29) is 19.0 Å². The molecular formula is C17H20N4O4. The zero-order chi connectivity index (χ0) is 18.1. The quantitative estimate of drug-likeness (QED) is 0.733. The van der Waals surface area contributed by atoms with Crippen molar-refractivity contribution in [1.29, 1.82) is 0 Å². The van der Waals surface area contributed by atoms with E-state index in [9.17, 15) is 9.59 Å². The average Bonchev–Trinajstić information content (AvgIpc) is 2.58. The minimum absolute atomic E-state index is 0.146. The van der Waals surface area contributed by atoms with Gasteiger partial charge in [-0.25, -0.2) is 14.6 Å². The Morgan fingerprint density at radius 1 is 0.920 bits per heavy atom. The topological polar surface area (TPSA) is 102 Å². The summed E-state index contributed by atoms with van der Waals surface area (Å²) in [6.45, 7) is 3.84. The third-order valence-corrected chi connectivity index (χ3v) is 2.95. The van der Waals surface area contributed by atoms with E-state index >= 15 is 0 Å². The molecule has 0 aliphatic heterocycles. The van der Waals surface area contributed by atoms with Gasteiger partial charge in [0, 0.05) is 5.69 Å².